The van der Waals surface area contributed by atoms with Gasteiger partial charge in [-0.1, -0.05) is 29.8 Å². The number of hydrogen-bond acceptors (Lipinski definition) is 3. The van der Waals surface area contributed by atoms with Gasteiger partial charge in [0.1, 0.15) is 10.9 Å². The summed E-state index contributed by atoms with van der Waals surface area (Å²) >= 11 is 6.38. The topological polar surface area (TPSA) is 50.1 Å². The Morgan fingerprint density at radius 1 is 1.11 bits per heavy atom. The van der Waals surface area contributed by atoms with Crippen molar-refractivity contribution in [2.24, 2.45) is 0 Å². The first kappa shape index (κ1) is 19.3. The fraction of sp³-hybridized carbons (Fsp3) is 0.211. The highest BCUT2D eigenvalue weighted by Gasteiger charge is 2.30. The van der Waals surface area contributed by atoms with Crippen LogP contribution in [0.25, 0.3) is 5.69 Å². The molecule has 0 amide bonds. The Bertz CT molecular complexity index is 954. The van der Waals surface area contributed by atoms with Crippen LogP contribution in [0.4, 0.5) is 13.2 Å². The number of phenolic OH excluding ortho intramolecular Hbond substituents is 1. The Kier molecular flexibility index (Phi) is 5.43. The van der Waals surface area contributed by atoms with Crippen molar-refractivity contribution in [1.82, 2.24) is 15.1 Å². The second kappa shape index (κ2) is 7.62. The molecular formula is C19H17ClF3N3O. The van der Waals surface area contributed by atoms with Crippen molar-refractivity contribution in [2.45, 2.75) is 26.2 Å². The summed E-state index contributed by atoms with van der Waals surface area (Å²) in [6, 6.07) is 11.7. The first-order valence-corrected chi connectivity index (χ1v) is 8.54. The van der Waals surface area contributed by atoms with Gasteiger partial charge in [0, 0.05) is 18.7 Å². The summed E-state index contributed by atoms with van der Waals surface area (Å²) in [5.74, 6) is 0.181. The minimum Gasteiger partial charge on any atom is -0.508 e. The number of hydrogen-bond donors (Lipinski definition) is 2. The Morgan fingerprint density at radius 2 is 1.85 bits per heavy atom. The molecule has 0 spiro atoms. The van der Waals surface area contributed by atoms with Crippen molar-refractivity contribution in [2.75, 3.05) is 0 Å². The average molecular weight is 396 g/mol. The molecule has 1 heterocycles. The fourth-order valence-electron chi connectivity index (χ4n) is 2.72. The number of aryl methyl sites for hydroxylation is 1. The van der Waals surface area contributed by atoms with Crippen LogP contribution < -0.4 is 5.32 Å². The molecule has 142 valence electrons. The van der Waals surface area contributed by atoms with Crippen LogP contribution in [0.3, 0.4) is 0 Å². The highest BCUT2D eigenvalue weighted by Crippen LogP contribution is 2.31. The predicted octanol–water partition coefficient (Wildman–Crippen LogP) is 4.85. The molecule has 0 saturated carbocycles. The molecule has 0 aliphatic rings. The number of halogens is 4. The lowest BCUT2D eigenvalue weighted by Crippen LogP contribution is -2.13. The standard InChI is InChI=1S/C19H17ClF3N3O/c1-12-17(11-24-10-13-4-2-7-16(27)8-13)18(20)26(25-12)15-6-3-5-14(9-15)19(21,22)23/h2-9,24,27H,10-11H2,1H3. The van der Waals surface area contributed by atoms with E-state index in [1.54, 1.807) is 25.1 Å². The first-order valence-electron chi connectivity index (χ1n) is 8.16. The van der Waals surface area contributed by atoms with Gasteiger partial charge in [-0.3, -0.25) is 0 Å². The first-order chi connectivity index (χ1) is 12.8. The lowest BCUT2D eigenvalue weighted by Gasteiger charge is -2.09. The molecular weight excluding hydrogens is 379 g/mol. The Morgan fingerprint density at radius 3 is 2.56 bits per heavy atom. The van der Waals surface area contributed by atoms with E-state index in [-0.39, 0.29) is 16.6 Å². The van der Waals surface area contributed by atoms with Gasteiger partial charge in [-0.15, -0.1) is 0 Å². The number of aromatic hydroxyl groups is 1. The monoisotopic (exact) mass is 395 g/mol. The minimum atomic E-state index is -4.43. The summed E-state index contributed by atoms with van der Waals surface area (Å²) < 4.78 is 40.1. The summed E-state index contributed by atoms with van der Waals surface area (Å²) in [5.41, 5.74) is 1.72. The molecule has 3 rings (SSSR count). The molecule has 2 N–H and O–H groups in total. The van der Waals surface area contributed by atoms with Crippen LogP contribution in [0.5, 0.6) is 5.75 Å². The van der Waals surface area contributed by atoms with Gasteiger partial charge >= 0.3 is 6.18 Å². The molecule has 0 aliphatic heterocycles. The van der Waals surface area contributed by atoms with E-state index in [0.717, 1.165) is 17.7 Å². The highest BCUT2D eigenvalue weighted by molar-refractivity contribution is 6.30. The zero-order valence-electron chi connectivity index (χ0n) is 14.4. The minimum absolute atomic E-state index is 0.181. The van der Waals surface area contributed by atoms with Crippen LogP contribution >= 0.6 is 11.6 Å². The predicted molar refractivity (Wildman–Crippen MR) is 97.0 cm³/mol. The molecule has 0 bridgehead atoms. The molecule has 1 aromatic heterocycles. The van der Waals surface area contributed by atoms with E-state index in [0.29, 0.717) is 24.3 Å². The zero-order valence-corrected chi connectivity index (χ0v) is 15.1. The van der Waals surface area contributed by atoms with E-state index >= 15 is 0 Å². The number of benzene rings is 2. The fourth-order valence-corrected chi connectivity index (χ4v) is 3.05. The number of aromatic nitrogens is 2. The molecule has 4 nitrogen and oxygen atoms in total. The molecule has 2 aromatic carbocycles. The van der Waals surface area contributed by atoms with E-state index in [1.807, 2.05) is 6.07 Å². The van der Waals surface area contributed by atoms with Crippen LogP contribution in [0, 0.1) is 6.92 Å². The molecule has 0 saturated heterocycles. The van der Waals surface area contributed by atoms with Crippen LogP contribution in [0.1, 0.15) is 22.4 Å². The third-order valence-electron chi connectivity index (χ3n) is 4.08. The smallest absolute Gasteiger partial charge is 0.416 e. The summed E-state index contributed by atoms with van der Waals surface area (Å²) in [6.45, 7) is 2.64. The number of nitrogens with zero attached hydrogens (tertiary/aromatic N) is 2. The van der Waals surface area contributed by atoms with Gasteiger partial charge in [0.05, 0.1) is 16.9 Å². The van der Waals surface area contributed by atoms with Crippen molar-refractivity contribution in [1.29, 1.82) is 0 Å². The second-order valence-corrected chi connectivity index (χ2v) is 6.45. The van der Waals surface area contributed by atoms with E-state index in [4.69, 9.17) is 11.6 Å². The Labute approximate surface area is 159 Å². The highest BCUT2D eigenvalue weighted by atomic mass is 35.5. The van der Waals surface area contributed by atoms with Crippen molar-refractivity contribution in [3.63, 3.8) is 0 Å². The lowest BCUT2D eigenvalue weighted by molar-refractivity contribution is -0.137. The molecule has 0 aliphatic carbocycles. The molecule has 0 radical (unpaired) electrons. The van der Waals surface area contributed by atoms with Gasteiger partial charge in [0.2, 0.25) is 0 Å². The molecule has 27 heavy (non-hydrogen) atoms. The van der Waals surface area contributed by atoms with Crippen molar-refractivity contribution >= 4 is 11.6 Å². The number of phenols is 1. The Hall–Kier alpha value is -2.51. The normalized spacial score (nSPS) is 11.7. The molecule has 3 aromatic rings. The number of alkyl halides is 3. The largest absolute Gasteiger partial charge is 0.508 e. The summed E-state index contributed by atoms with van der Waals surface area (Å²) in [7, 11) is 0. The Balaban J connectivity index is 1.79. The molecule has 0 fully saturated rings. The van der Waals surface area contributed by atoms with E-state index in [1.165, 1.54) is 16.8 Å². The molecule has 0 unspecified atom stereocenters. The molecule has 0 atom stereocenters. The van der Waals surface area contributed by atoms with Crippen molar-refractivity contribution < 1.29 is 18.3 Å². The maximum atomic E-state index is 12.9. The SMILES string of the molecule is Cc1nn(-c2cccc(C(F)(F)F)c2)c(Cl)c1CNCc1cccc(O)c1. The summed E-state index contributed by atoms with van der Waals surface area (Å²) in [5, 5.41) is 17.2. The lowest BCUT2D eigenvalue weighted by atomic mass is 10.2. The van der Waals surface area contributed by atoms with E-state index in [9.17, 15) is 18.3 Å². The van der Waals surface area contributed by atoms with Crippen molar-refractivity contribution in [3.05, 3.63) is 76.1 Å². The maximum absolute atomic E-state index is 12.9. The summed E-state index contributed by atoms with van der Waals surface area (Å²) in [6.07, 6.45) is -4.43. The summed E-state index contributed by atoms with van der Waals surface area (Å²) in [4.78, 5) is 0. The van der Waals surface area contributed by atoms with Gasteiger partial charge in [0.15, 0.2) is 0 Å². The van der Waals surface area contributed by atoms with Crippen molar-refractivity contribution in [3.8, 4) is 11.4 Å². The van der Waals surface area contributed by atoms with Crippen LogP contribution in [0.2, 0.25) is 5.15 Å². The van der Waals surface area contributed by atoms with Crippen LogP contribution in [0.15, 0.2) is 48.5 Å². The van der Waals surface area contributed by atoms with Crippen LogP contribution in [-0.4, -0.2) is 14.9 Å². The number of nitrogens with one attached hydrogen (secondary N) is 1. The van der Waals surface area contributed by atoms with Crippen LogP contribution in [-0.2, 0) is 19.3 Å². The second-order valence-electron chi connectivity index (χ2n) is 6.09. The van der Waals surface area contributed by atoms with Gasteiger partial charge in [-0.25, -0.2) is 4.68 Å². The van der Waals surface area contributed by atoms with E-state index in [2.05, 4.69) is 10.4 Å². The number of rotatable bonds is 5. The van der Waals surface area contributed by atoms with Gasteiger partial charge in [0.25, 0.3) is 0 Å². The quantitative estimate of drug-likeness (QED) is 0.649. The molecule has 8 heteroatoms. The van der Waals surface area contributed by atoms with Gasteiger partial charge < -0.3 is 10.4 Å². The van der Waals surface area contributed by atoms with Gasteiger partial charge in [-0.05, 0) is 42.8 Å². The van der Waals surface area contributed by atoms with Gasteiger partial charge in [-0.2, -0.15) is 18.3 Å². The third kappa shape index (κ3) is 4.43. The average Bonchev–Trinajstić information content (AvgIpc) is 2.89. The maximum Gasteiger partial charge on any atom is 0.416 e. The third-order valence-corrected chi connectivity index (χ3v) is 4.47. The van der Waals surface area contributed by atoms with E-state index < -0.39 is 11.7 Å². The zero-order chi connectivity index (χ0) is 19.6.